The molecule has 0 aliphatic heterocycles. The van der Waals surface area contributed by atoms with E-state index in [4.69, 9.17) is 0 Å². The predicted molar refractivity (Wildman–Crippen MR) is 144 cm³/mol. The van der Waals surface area contributed by atoms with Crippen LogP contribution in [0.4, 0.5) is 87.8 Å². The highest BCUT2D eigenvalue weighted by Gasteiger charge is 2.52. The van der Waals surface area contributed by atoms with Gasteiger partial charge in [0.2, 0.25) is 5.51 Å². The Balaban J connectivity index is 0.000000692. The molecule has 0 saturated carbocycles. The maximum absolute atomic E-state index is 15.4. The molecule has 282 valence electrons. The first-order valence-electron chi connectivity index (χ1n) is 13.4. The van der Waals surface area contributed by atoms with E-state index in [0.717, 1.165) is 6.54 Å². The van der Waals surface area contributed by atoms with Gasteiger partial charge in [-0.1, -0.05) is 17.9 Å². The second-order valence-electron chi connectivity index (χ2n) is 10.3. The smallest absolute Gasteiger partial charge is 0.207 e. The van der Waals surface area contributed by atoms with Crippen LogP contribution in [0.2, 0.25) is 0 Å². The number of nitrogens with zero attached hydrogens (tertiary/aromatic N) is 1. The second kappa shape index (κ2) is 14.7. The van der Waals surface area contributed by atoms with E-state index in [0.29, 0.717) is 0 Å². The van der Waals surface area contributed by atoms with Crippen LogP contribution in [0.5, 0.6) is 0 Å². The van der Waals surface area contributed by atoms with Crippen molar-refractivity contribution in [3.63, 3.8) is 0 Å². The van der Waals surface area contributed by atoms with Gasteiger partial charge >= 0.3 is 0 Å². The van der Waals surface area contributed by atoms with Gasteiger partial charge in [0.05, 0.1) is 5.38 Å². The Bertz CT molecular complexity index is 1910. The highest BCUT2D eigenvalue weighted by Crippen LogP contribution is 2.30. The summed E-state index contributed by atoms with van der Waals surface area (Å²) < 4.78 is 296. The molecule has 0 unspecified atom stereocenters. The van der Waals surface area contributed by atoms with E-state index in [1.54, 1.807) is 11.3 Å². The maximum atomic E-state index is 15.4. The zero-order valence-corrected chi connectivity index (χ0v) is 25.5. The lowest BCUT2D eigenvalue weighted by atomic mass is 9.12. The van der Waals surface area contributed by atoms with Crippen molar-refractivity contribution in [1.29, 1.82) is 0 Å². The topological polar surface area (TPSA) is 3.88 Å². The number of aromatic nitrogens is 1. The number of thiazole rings is 1. The highest BCUT2D eigenvalue weighted by atomic mass is 32.1. The van der Waals surface area contributed by atoms with Crippen LogP contribution in [0, 0.1) is 116 Å². The van der Waals surface area contributed by atoms with Crippen molar-refractivity contribution < 1.29 is 92.4 Å². The van der Waals surface area contributed by atoms with E-state index in [1.165, 1.54) is 0 Å². The van der Waals surface area contributed by atoms with Crippen LogP contribution in [-0.4, -0.2) is 6.15 Å². The summed E-state index contributed by atoms with van der Waals surface area (Å²) >= 11 is 1.69. The van der Waals surface area contributed by atoms with Crippen LogP contribution in [-0.2, 0) is 6.54 Å². The molecule has 5 rings (SSSR count). The normalized spacial score (nSPS) is 11.5. The SMILES string of the molecule is C=CC[n+]1ccsc1.Fc1c(F)c(F)c([B-](c2c(F)c(F)c(F)c(F)c2F)(c2c(F)c(F)c(F)c(F)c2F)c2c(F)c(F)c(F)c(F)c2F)c(F)c1F. The fourth-order valence-corrected chi connectivity index (χ4v) is 6.00. The van der Waals surface area contributed by atoms with Crippen LogP contribution in [0.15, 0.2) is 29.7 Å². The minimum atomic E-state index is -7.22. The number of halogens is 20. The van der Waals surface area contributed by atoms with Gasteiger partial charge in [-0.25, -0.2) is 87.8 Å². The molecule has 0 N–H and O–H groups in total. The lowest BCUT2D eigenvalue weighted by molar-refractivity contribution is -0.682. The molecule has 1 heterocycles. The van der Waals surface area contributed by atoms with Crippen LogP contribution in [0.25, 0.3) is 0 Å². The quantitative estimate of drug-likeness (QED) is 0.0433. The van der Waals surface area contributed by atoms with Crippen molar-refractivity contribution in [2.45, 2.75) is 6.54 Å². The summed E-state index contributed by atoms with van der Waals surface area (Å²) in [4.78, 5) is 0. The van der Waals surface area contributed by atoms with Crippen LogP contribution in [0.3, 0.4) is 0 Å². The molecule has 23 heteroatoms. The monoisotopic (exact) mass is 805 g/mol. The second-order valence-corrected chi connectivity index (χ2v) is 11.1. The van der Waals surface area contributed by atoms with Crippen molar-refractivity contribution in [2.24, 2.45) is 0 Å². The van der Waals surface area contributed by atoms with E-state index >= 15 is 35.1 Å². The van der Waals surface area contributed by atoms with Gasteiger partial charge in [-0.05, 0) is 6.08 Å². The van der Waals surface area contributed by atoms with Gasteiger partial charge < -0.3 is 0 Å². The Hall–Kier alpha value is -5.09. The van der Waals surface area contributed by atoms with Gasteiger partial charge in [-0.3, -0.25) is 0 Å². The number of hydrogen-bond acceptors (Lipinski definition) is 1. The van der Waals surface area contributed by atoms with E-state index in [-0.39, 0.29) is 0 Å². The summed E-state index contributed by atoms with van der Waals surface area (Å²) in [6.45, 7) is 4.54. The van der Waals surface area contributed by atoms with Crippen molar-refractivity contribution in [1.82, 2.24) is 0 Å². The van der Waals surface area contributed by atoms with E-state index in [2.05, 4.69) is 16.7 Å². The first-order chi connectivity index (χ1) is 24.6. The molecule has 4 aromatic carbocycles. The third-order valence-corrected chi connectivity index (χ3v) is 8.25. The van der Waals surface area contributed by atoms with Gasteiger partial charge in [-0.15, -0.1) is 21.9 Å². The molecule has 1 nitrogen and oxygen atoms in total. The fourth-order valence-electron chi connectivity index (χ4n) is 5.39. The van der Waals surface area contributed by atoms with E-state index < -0.39 is 144 Å². The molecular weight excluding hydrogens is 797 g/mol. The average molecular weight is 805 g/mol. The largest absolute Gasteiger partial charge is 0.224 e. The summed E-state index contributed by atoms with van der Waals surface area (Å²) in [6, 6.07) is 0. The van der Waals surface area contributed by atoms with Gasteiger partial charge in [-0.2, -0.15) is 4.57 Å². The number of benzene rings is 4. The summed E-state index contributed by atoms with van der Waals surface area (Å²) in [5.41, 5.74) is -12.3. The molecule has 1 aromatic heterocycles. The summed E-state index contributed by atoms with van der Waals surface area (Å²) in [5, 5.41) is 2.05. The molecule has 0 aliphatic carbocycles. The first-order valence-corrected chi connectivity index (χ1v) is 14.3. The minimum Gasteiger partial charge on any atom is -0.207 e. The lowest BCUT2D eigenvalue weighted by Gasteiger charge is -2.44. The molecule has 0 aliphatic rings. The molecule has 0 radical (unpaired) electrons. The van der Waals surface area contributed by atoms with Gasteiger partial charge in [0, 0.05) is 0 Å². The molecule has 0 spiro atoms. The Labute approximate surface area is 284 Å². The predicted octanol–water partition coefficient (Wildman–Crippen LogP) is 7.07. The van der Waals surface area contributed by atoms with Crippen molar-refractivity contribution in [3.05, 3.63) is 146 Å². The summed E-state index contributed by atoms with van der Waals surface area (Å²) in [7, 11) is 0. The van der Waals surface area contributed by atoms with Crippen LogP contribution in [0.1, 0.15) is 0 Å². The number of rotatable bonds is 6. The van der Waals surface area contributed by atoms with Crippen molar-refractivity contribution in [2.75, 3.05) is 0 Å². The minimum absolute atomic E-state index is 0.920. The molecule has 0 bridgehead atoms. The Kier molecular flexibility index (Phi) is 11.3. The zero-order chi connectivity index (χ0) is 40.2. The molecule has 0 amide bonds. The first kappa shape index (κ1) is 40.7. The maximum Gasteiger partial charge on any atom is 0.224 e. The highest BCUT2D eigenvalue weighted by molar-refractivity contribution is 7.20. The van der Waals surface area contributed by atoms with Crippen LogP contribution < -0.4 is 26.4 Å². The lowest BCUT2D eigenvalue weighted by Crippen LogP contribution is -2.81. The number of allylic oxidation sites excluding steroid dienone is 1. The van der Waals surface area contributed by atoms with Gasteiger partial charge in [0.25, 0.3) is 0 Å². The standard InChI is InChI=1S/C24BF20.C6H8NS/c26-5-1(6(27)14(35)21(42)13(5)34)25(2-7(28)15(36)22(43)16(37)8(2)29,3-9(30)17(38)23(44)18(39)10(3)31)4-11(32)19(40)24(45)20(41)12(4)33;1-2-3-7-4-5-8-6-7/h;2,4-6H,1,3H2/q-1;+1. The Morgan fingerprint density at radius 2 is 0.604 bits per heavy atom. The van der Waals surface area contributed by atoms with Crippen molar-refractivity contribution >= 4 is 39.3 Å². The molecule has 0 fully saturated rings. The number of hydrogen-bond donors (Lipinski definition) is 0. The summed E-state index contributed by atoms with van der Waals surface area (Å²) in [6.07, 6.45) is -3.30. The average Bonchev–Trinajstić information content (AvgIpc) is 3.65. The third-order valence-electron chi connectivity index (χ3n) is 7.57. The molecular formula is C30H8BF20NS. The molecule has 0 atom stereocenters. The van der Waals surface area contributed by atoms with Crippen molar-refractivity contribution in [3.8, 4) is 0 Å². The third kappa shape index (κ3) is 6.07. The van der Waals surface area contributed by atoms with Gasteiger partial charge in [0.15, 0.2) is 82.5 Å². The van der Waals surface area contributed by atoms with Gasteiger partial charge in [0.1, 0.15) is 52.7 Å². The Morgan fingerprint density at radius 1 is 0.396 bits per heavy atom. The Morgan fingerprint density at radius 3 is 0.774 bits per heavy atom. The van der Waals surface area contributed by atoms with E-state index in [1.807, 2.05) is 17.7 Å². The van der Waals surface area contributed by atoms with Crippen LogP contribution >= 0.6 is 11.3 Å². The van der Waals surface area contributed by atoms with E-state index in [9.17, 15) is 52.7 Å². The zero-order valence-electron chi connectivity index (χ0n) is 24.7. The molecule has 0 saturated heterocycles. The fraction of sp³-hybridized carbons (Fsp3) is 0.0333. The molecule has 53 heavy (non-hydrogen) atoms. The molecule has 5 aromatic rings. The summed E-state index contributed by atoms with van der Waals surface area (Å²) in [5.74, 6) is -71.4.